The normalized spacial score (nSPS) is 10.9. The van der Waals surface area contributed by atoms with Gasteiger partial charge in [-0.05, 0) is 30.3 Å². The molecule has 2 heterocycles. The number of aromatic nitrogens is 2. The van der Waals surface area contributed by atoms with Crippen LogP contribution in [0, 0.1) is 11.6 Å². The molecule has 0 atom stereocenters. The molecule has 6 heteroatoms. The number of carbonyl (C=O) groups excluding carboxylic acids is 1. The van der Waals surface area contributed by atoms with Crippen molar-refractivity contribution in [2.24, 2.45) is 0 Å². The van der Waals surface area contributed by atoms with Gasteiger partial charge < -0.3 is 10.3 Å². The molecule has 0 spiro atoms. The second kappa shape index (κ2) is 6.99. The average molecular weight is 363 g/mol. The van der Waals surface area contributed by atoms with E-state index in [1.807, 2.05) is 42.5 Å². The lowest BCUT2D eigenvalue weighted by molar-refractivity contribution is 0.101. The molecule has 0 aliphatic heterocycles. The third-order valence-electron chi connectivity index (χ3n) is 4.30. The molecule has 2 aromatic heterocycles. The monoisotopic (exact) mass is 363 g/mol. The van der Waals surface area contributed by atoms with Crippen LogP contribution >= 0.6 is 0 Å². The minimum atomic E-state index is -0.979. The Balaban J connectivity index is 1.53. The molecule has 0 amide bonds. The van der Waals surface area contributed by atoms with Crippen LogP contribution < -0.4 is 5.32 Å². The van der Waals surface area contributed by atoms with Gasteiger partial charge in [0.25, 0.3) is 0 Å². The minimum absolute atomic E-state index is 0.0254. The zero-order valence-corrected chi connectivity index (χ0v) is 14.2. The first-order valence-corrected chi connectivity index (χ1v) is 8.36. The van der Waals surface area contributed by atoms with E-state index in [0.717, 1.165) is 29.1 Å². The Morgan fingerprint density at radius 1 is 1.04 bits per heavy atom. The van der Waals surface area contributed by atoms with Gasteiger partial charge >= 0.3 is 0 Å². The van der Waals surface area contributed by atoms with Crippen molar-refractivity contribution in [1.29, 1.82) is 0 Å². The number of carbonyl (C=O) groups is 1. The number of hydrogen-bond donors (Lipinski definition) is 2. The van der Waals surface area contributed by atoms with Gasteiger partial charge in [-0.15, -0.1) is 0 Å². The van der Waals surface area contributed by atoms with Crippen LogP contribution in [0.4, 0.5) is 14.5 Å². The van der Waals surface area contributed by atoms with Gasteiger partial charge in [-0.2, -0.15) is 0 Å². The lowest BCUT2D eigenvalue weighted by Crippen LogP contribution is -2.13. The van der Waals surface area contributed by atoms with E-state index in [4.69, 9.17) is 0 Å². The van der Waals surface area contributed by atoms with Crippen LogP contribution in [0.1, 0.15) is 10.4 Å². The van der Waals surface area contributed by atoms with E-state index >= 15 is 0 Å². The highest BCUT2D eigenvalue weighted by atomic mass is 19.2. The number of H-pyrrole nitrogens is 1. The Labute approximate surface area is 153 Å². The van der Waals surface area contributed by atoms with E-state index in [0.29, 0.717) is 16.5 Å². The maximum atomic E-state index is 13.5. The Bertz CT molecular complexity index is 1120. The lowest BCUT2D eigenvalue weighted by atomic mass is 10.1. The standard InChI is InChI=1S/C21H15F2N3O/c22-17-9-15-16(11-26-20(15)10-18(17)23)21(27)12-25-14-5-3-4-13(8-14)19-6-1-2-7-24-19/h1-11,25-26H,12H2. The molecule has 0 saturated carbocycles. The highest BCUT2D eigenvalue weighted by molar-refractivity contribution is 6.09. The molecular formula is C21H15F2N3O. The molecule has 4 nitrogen and oxygen atoms in total. The van der Waals surface area contributed by atoms with Gasteiger partial charge in [0, 0.05) is 46.2 Å². The van der Waals surface area contributed by atoms with Gasteiger partial charge in [-0.1, -0.05) is 18.2 Å². The Kier molecular flexibility index (Phi) is 4.38. The zero-order chi connectivity index (χ0) is 18.8. The number of nitrogens with one attached hydrogen (secondary N) is 2. The second-order valence-electron chi connectivity index (χ2n) is 6.09. The van der Waals surface area contributed by atoms with Crippen molar-refractivity contribution in [3.05, 3.63) is 84.2 Å². The molecule has 0 radical (unpaired) electrons. The summed E-state index contributed by atoms with van der Waals surface area (Å²) in [6.45, 7) is 0.0254. The van der Waals surface area contributed by atoms with Gasteiger partial charge in [-0.3, -0.25) is 9.78 Å². The predicted molar refractivity (Wildman–Crippen MR) is 101 cm³/mol. The number of anilines is 1. The molecule has 0 bridgehead atoms. The third-order valence-corrected chi connectivity index (χ3v) is 4.30. The maximum Gasteiger partial charge on any atom is 0.183 e. The molecule has 0 aliphatic rings. The molecule has 0 aliphatic carbocycles. The number of halogens is 2. The van der Waals surface area contributed by atoms with E-state index in [2.05, 4.69) is 15.3 Å². The van der Waals surface area contributed by atoms with Gasteiger partial charge in [0.15, 0.2) is 17.4 Å². The van der Waals surface area contributed by atoms with Crippen molar-refractivity contribution in [2.75, 3.05) is 11.9 Å². The van der Waals surface area contributed by atoms with E-state index in [1.165, 1.54) is 6.20 Å². The van der Waals surface area contributed by atoms with Crippen LogP contribution in [0.15, 0.2) is 67.0 Å². The van der Waals surface area contributed by atoms with Crippen molar-refractivity contribution < 1.29 is 13.6 Å². The molecule has 2 N–H and O–H groups in total. The summed E-state index contributed by atoms with van der Waals surface area (Å²) < 4.78 is 26.8. The van der Waals surface area contributed by atoms with Crippen LogP contribution in [-0.4, -0.2) is 22.3 Å². The summed E-state index contributed by atoms with van der Waals surface area (Å²) >= 11 is 0. The summed E-state index contributed by atoms with van der Waals surface area (Å²) in [5, 5.41) is 3.44. The second-order valence-corrected chi connectivity index (χ2v) is 6.09. The zero-order valence-electron chi connectivity index (χ0n) is 14.2. The van der Waals surface area contributed by atoms with Crippen LogP contribution in [-0.2, 0) is 0 Å². The number of ketones is 1. The fourth-order valence-corrected chi connectivity index (χ4v) is 2.95. The number of rotatable bonds is 5. The average Bonchev–Trinajstić information content (AvgIpc) is 3.10. The van der Waals surface area contributed by atoms with Gasteiger partial charge in [0.05, 0.1) is 12.2 Å². The largest absolute Gasteiger partial charge is 0.378 e. The van der Waals surface area contributed by atoms with E-state index in [1.54, 1.807) is 6.20 Å². The molecule has 2 aromatic carbocycles. The Morgan fingerprint density at radius 3 is 2.70 bits per heavy atom. The summed E-state index contributed by atoms with van der Waals surface area (Å²) in [6, 6.07) is 15.3. The van der Waals surface area contributed by atoms with E-state index in [-0.39, 0.29) is 12.3 Å². The first kappa shape index (κ1) is 16.9. The highest BCUT2D eigenvalue weighted by Crippen LogP contribution is 2.23. The maximum absolute atomic E-state index is 13.5. The molecule has 0 unspecified atom stereocenters. The van der Waals surface area contributed by atoms with Gasteiger partial charge in [0.2, 0.25) is 0 Å². The van der Waals surface area contributed by atoms with Crippen molar-refractivity contribution in [3.8, 4) is 11.3 Å². The Morgan fingerprint density at radius 2 is 1.89 bits per heavy atom. The molecule has 4 rings (SSSR count). The number of Topliss-reactive ketones (excluding diaryl/α,β-unsaturated/α-hetero) is 1. The number of hydrogen-bond acceptors (Lipinski definition) is 3. The quantitative estimate of drug-likeness (QED) is 0.501. The number of nitrogens with zero attached hydrogens (tertiary/aromatic N) is 1. The summed E-state index contributed by atoms with van der Waals surface area (Å²) in [7, 11) is 0. The van der Waals surface area contributed by atoms with Crippen molar-refractivity contribution in [1.82, 2.24) is 9.97 Å². The number of aromatic amines is 1. The molecule has 27 heavy (non-hydrogen) atoms. The smallest absolute Gasteiger partial charge is 0.183 e. The predicted octanol–water partition coefficient (Wildman–Crippen LogP) is 4.80. The minimum Gasteiger partial charge on any atom is -0.378 e. The van der Waals surface area contributed by atoms with E-state index < -0.39 is 11.6 Å². The van der Waals surface area contributed by atoms with Crippen molar-refractivity contribution >= 4 is 22.4 Å². The van der Waals surface area contributed by atoms with Crippen molar-refractivity contribution in [3.63, 3.8) is 0 Å². The van der Waals surface area contributed by atoms with Crippen LogP contribution in [0.2, 0.25) is 0 Å². The SMILES string of the molecule is O=C(CNc1cccc(-c2ccccn2)c1)c1c[nH]c2cc(F)c(F)cc12. The van der Waals surface area contributed by atoms with Gasteiger partial charge in [-0.25, -0.2) is 8.78 Å². The molecule has 134 valence electrons. The van der Waals surface area contributed by atoms with Crippen LogP contribution in [0.25, 0.3) is 22.2 Å². The molecule has 0 saturated heterocycles. The summed E-state index contributed by atoms with van der Waals surface area (Å²) in [5.41, 5.74) is 3.23. The fourth-order valence-electron chi connectivity index (χ4n) is 2.95. The van der Waals surface area contributed by atoms with Crippen molar-refractivity contribution in [2.45, 2.75) is 0 Å². The molecule has 4 aromatic rings. The van der Waals surface area contributed by atoms with Crippen LogP contribution in [0.3, 0.4) is 0 Å². The topological polar surface area (TPSA) is 57.8 Å². The van der Waals surface area contributed by atoms with Crippen LogP contribution in [0.5, 0.6) is 0 Å². The molecular weight excluding hydrogens is 348 g/mol. The molecule has 0 fully saturated rings. The summed E-state index contributed by atoms with van der Waals surface area (Å²) in [5.74, 6) is -2.16. The summed E-state index contributed by atoms with van der Waals surface area (Å²) in [6.07, 6.45) is 3.19. The van der Waals surface area contributed by atoms with E-state index in [9.17, 15) is 13.6 Å². The third kappa shape index (κ3) is 3.42. The number of fused-ring (bicyclic) bond motifs is 1. The van der Waals surface area contributed by atoms with Gasteiger partial charge in [0.1, 0.15) is 0 Å². The Hall–Kier alpha value is -3.54. The first-order valence-electron chi connectivity index (χ1n) is 8.36. The lowest BCUT2D eigenvalue weighted by Gasteiger charge is -2.08. The summed E-state index contributed by atoms with van der Waals surface area (Å²) in [4.78, 5) is 19.6. The number of benzene rings is 2. The first-order chi connectivity index (χ1) is 13.1. The fraction of sp³-hybridized carbons (Fsp3) is 0.0476. The number of pyridine rings is 1. The highest BCUT2D eigenvalue weighted by Gasteiger charge is 2.15.